The van der Waals surface area contributed by atoms with Crippen LogP contribution in [0.5, 0.6) is 0 Å². The normalized spacial score (nSPS) is 17.3. The van der Waals surface area contributed by atoms with Crippen molar-refractivity contribution in [2.45, 2.75) is 13.3 Å². The van der Waals surface area contributed by atoms with Crippen molar-refractivity contribution < 1.29 is 19.4 Å². The smallest absolute Gasteiger partial charge is 0.310 e. The van der Waals surface area contributed by atoms with Crippen LogP contribution in [0.3, 0.4) is 0 Å². The van der Waals surface area contributed by atoms with Crippen molar-refractivity contribution in [1.82, 2.24) is 4.90 Å². The quantitative estimate of drug-likeness (QED) is 0.655. The lowest BCUT2D eigenvalue weighted by Gasteiger charge is -2.14. The number of amides is 1. The van der Waals surface area contributed by atoms with Gasteiger partial charge in [0.1, 0.15) is 6.61 Å². The van der Waals surface area contributed by atoms with E-state index in [0.29, 0.717) is 24.4 Å². The first-order valence-electron chi connectivity index (χ1n) is 6.64. The Kier molecular flexibility index (Phi) is 4.99. The van der Waals surface area contributed by atoms with Gasteiger partial charge in [-0.1, -0.05) is 11.8 Å². The van der Waals surface area contributed by atoms with Gasteiger partial charge in [-0.3, -0.25) is 9.59 Å². The van der Waals surface area contributed by atoms with E-state index >= 15 is 0 Å². The first kappa shape index (κ1) is 15.5. The average molecular weight is 307 g/mol. The van der Waals surface area contributed by atoms with Crippen molar-refractivity contribution >= 4 is 23.2 Å². The highest BCUT2D eigenvalue weighted by Crippen LogP contribution is 2.25. The van der Waals surface area contributed by atoms with Crippen LogP contribution in [-0.2, 0) is 9.53 Å². The molecule has 1 fully saturated rings. The van der Waals surface area contributed by atoms with Gasteiger partial charge in [-0.15, -0.1) is 11.3 Å². The number of carbonyl (C=O) groups is 2. The Morgan fingerprint density at radius 1 is 1.57 bits per heavy atom. The second kappa shape index (κ2) is 6.74. The molecule has 0 radical (unpaired) electrons. The van der Waals surface area contributed by atoms with Gasteiger partial charge in [-0.05, 0) is 25.0 Å². The lowest BCUT2D eigenvalue weighted by molar-refractivity contribution is -0.144. The summed E-state index contributed by atoms with van der Waals surface area (Å²) < 4.78 is 4.72. The molecule has 0 bridgehead atoms. The fourth-order valence-corrected chi connectivity index (χ4v) is 3.31. The lowest BCUT2D eigenvalue weighted by atomic mass is 10.1. The number of aliphatic hydroxyl groups excluding tert-OH is 1. The number of likely N-dealkylation sites (tertiary alicyclic amines) is 1. The molecule has 0 aromatic carbocycles. The van der Waals surface area contributed by atoms with Crippen molar-refractivity contribution in [2.24, 2.45) is 5.92 Å². The van der Waals surface area contributed by atoms with Gasteiger partial charge in [-0.25, -0.2) is 0 Å². The second-order valence-electron chi connectivity index (χ2n) is 4.84. The zero-order valence-corrected chi connectivity index (χ0v) is 12.8. The van der Waals surface area contributed by atoms with Crippen LogP contribution in [0.2, 0.25) is 0 Å². The molecule has 2 rings (SSSR count). The average Bonchev–Trinajstić information content (AvgIpc) is 3.10. The van der Waals surface area contributed by atoms with Crippen molar-refractivity contribution in [3.63, 3.8) is 0 Å². The van der Waals surface area contributed by atoms with Gasteiger partial charge >= 0.3 is 5.97 Å². The molecule has 1 atom stereocenters. The van der Waals surface area contributed by atoms with Gasteiger partial charge in [0.25, 0.3) is 5.91 Å². The van der Waals surface area contributed by atoms with Gasteiger partial charge < -0.3 is 14.7 Å². The molecule has 5 nitrogen and oxygen atoms in total. The number of aryl methyl sites for hydroxylation is 1. The van der Waals surface area contributed by atoms with E-state index in [4.69, 9.17) is 9.84 Å². The van der Waals surface area contributed by atoms with E-state index in [1.165, 1.54) is 18.4 Å². The molecule has 1 aliphatic heterocycles. The van der Waals surface area contributed by atoms with Crippen LogP contribution in [0.1, 0.15) is 26.5 Å². The zero-order chi connectivity index (χ0) is 15.4. The van der Waals surface area contributed by atoms with Gasteiger partial charge in [0.2, 0.25) is 0 Å². The number of ether oxygens (including phenoxy) is 1. The topological polar surface area (TPSA) is 66.8 Å². The first-order valence-corrected chi connectivity index (χ1v) is 7.45. The third kappa shape index (κ3) is 3.43. The summed E-state index contributed by atoms with van der Waals surface area (Å²) in [7, 11) is 1.36. The molecular formula is C15H17NO4S. The molecule has 1 N–H and O–H groups in total. The van der Waals surface area contributed by atoms with E-state index < -0.39 is 0 Å². The number of aliphatic hydroxyl groups is 1. The Morgan fingerprint density at radius 2 is 2.33 bits per heavy atom. The molecule has 0 saturated carbocycles. The molecule has 1 saturated heterocycles. The maximum Gasteiger partial charge on any atom is 0.310 e. The van der Waals surface area contributed by atoms with Crippen molar-refractivity contribution in [1.29, 1.82) is 0 Å². The van der Waals surface area contributed by atoms with E-state index in [1.807, 2.05) is 6.92 Å². The SMILES string of the molecule is COC(=O)C1CCN(C(=O)c2cc(C)c(C#CCO)s2)C1. The summed E-state index contributed by atoms with van der Waals surface area (Å²) in [6.07, 6.45) is 0.639. The molecule has 6 heteroatoms. The van der Waals surface area contributed by atoms with E-state index in [2.05, 4.69) is 11.8 Å². The predicted octanol–water partition coefficient (Wildman–Crippen LogP) is 1.04. The number of esters is 1. The highest BCUT2D eigenvalue weighted by atomic mass is 32.1. The number of methoxy groups -OCH3 is 1. The van der Waals surface area contributed by atoms with Crippen LogP contribution in [0, 0.1) is 24.7 Å². The minimum atomic E-state index is -0.262. The second-order valence-corrected chi connectivity index (χ2v) is 5.89. The molecule has 112 valence electrons. The Morgan fingerprint density at radius 3 is 3.00 bits per heavy atom. The Hall–Kier alpha value is -1.84. The van der Waals surface area contributed by atoms with Crippen LogP contribution in [0.4, 0.5) is 0 Å². The van der Waals surface area contributed by atoms with Crippen molar-refractivity contribution in [3.8, 4) is 11.8 Å². The highest BCUT2D eigenvalue weighted by Gasteiger charge is 2.32. The third-order valence-electron chi connectivity index (χ3n) is 3.42. The Balaban J connectivity index is 2.09. The maximum atomic E-state index is 12.4. The van der Waals surface area contributed by atoms with E-state index in [0.717, 1.165) is 10.4 Å². The summed E-state index contributed by atoms with van der Waals surface area (Å²) in [4.78, 5) is 27.0. The lowest BCUT2D eigenvalue weighted by Crippen LogP contribution is -2.29. The van der Waals surface area contributed by atoms with Gasteiger partial charge in [0.15, 0.2) is 0 Å². The Labute approximate surface area is 127 Å². The fourth-order valence-electron chi connectivity index (χ4n) is 2.29. The van der Waals surface area contributed by atoms with Gasteiger partial charge in [0, 0.05) is 13.1 Å². The monoisotopic (exact) mass is 307 g/mol. The third-order valence-corrected chi connectivity index (χ3v) is 4.56. The predicted molar refractivity (Wildman–Crippen MR) is 79.0 cm³/mol. The summed E-state index contributed by atoms with van der Waals surface area (Å²) in [6.45, 7) is 2.65. The first-order chi connectivity index (χ1) is 10.1. The summed E-state index contributed by atoms with van der Waals surface area (Å²) in [5.74, 6) is 4.86. The van der Waals surface area contributed by atoms with E-state index in [1.54, 1.807) is 11.0 Å². The standard InChI is InChI=1S/C15H17NO4S/c1-10-8-13(21-12(10)4-3-7-17)14(18)16-6-5-11(9-16)15(19)20-2/h8,11,17H,5-7,9H2,1-2H3. The van der Waals surface area contributed by atoms with E-state index in [9.17, 15) is 9.59 Å². The molecule has 0 spiro atoms. The molecule has 21 heavy (non-hydrogen) atoms. The minimum Gasteiger partial charge on any atom is -0.469 e. The van der Waals surface area contributed by atoms with Crippen LogP contribution >= 0.6 is 11.3 Å². The van der Waals surface area contributed by atoms with Crippen LogP contribution in [0.15, 0.2) is 6.07 Å². The summed E-state index contributed by atoms with van der Waals surface area (Å²) in [5, 5.41) is 8.72. The molecule has 2 heterocycles. The highest BCUT2D eigenvalue weighted by molar-refractivity contribution is 7.14. The van der Waals surface area contributed by atoms with Crippen molar-refractivity contribution in [3.05, 3.63) is 21.4 Å². The van der Waals surface area contributed by atoms with Crippen LogP contribution < -0.4 is 0 Å². The summed E-state index contributed by atoms with van der Waals surface area (Å²) in [6, 6.07) is 1.81. The van der Waals surface area contributed by atoms with Gasteiger partial charge in [0.05, 0.1) is 22.8 Å². The van der Waals surface area contributed by atoms with Crippen LogP contribution in [0.25, 0.3) is 0 Å². The number of thiophene rings is 1. The molecule has 1 amide bonds. The molecule has 1 aromatic heterocycles. The Bertz CT molecular complexity index is 611. The van der Waals surface area contributed by atoms with Gasteiger partial charge in [-0.2, -0.15) is 0 Å². The van der Waals surface area contributed by atoms with E-state index in [-0.39, 0.29) is 24.4 Å². The molecule has 0 aliphatic carbocycles. The van der Waals surface area contributed by atoms with Crippen molar-refractivity contribution in [2.75, 3.05) is 26.8 Å². The van der Waals surface area contributed by atoms with Crippen LogP contribution in [-0.4, -0.2) is 48.7 Å². The number of hydrogen-bond acceptors (Lipinski definition) is 5. The zero-order valence-electron chi connectivity index (χ0n) is 12.0. The number of rotatable bonds is 2. The minimum absolute atomic E-state index is 0.0773. The molecule has 1 aromatic rings. The maximum absolute atomic E-state index is 12.4. The fraction of sp³-hybridized carbons (Fsp3) is 0.467. The summed E-state index contributed by atoms with van der Waals surface area (Å²) >= 11 is 1.32. The number of carbonyl (C=O) groups excluding carboxylic acids is 2. The molecule has 1 aliphatic rings. The largest absolute Gasteiger partial charge is 0.469 e. The molecular weight excluding hydrogens is 290 g/mol. The number of nitrogens with zero attached hydrogens (tertiary/aromatic N) is 1. The molecule has 1 unspecified atom stereocenters. The summed E-state index contributed by atoms with van der Waals surface area (Å²) in [5.41, 5.74) is 0.924. The number of hydrogen-bond donors (Lipinski definition) is 1.